The maximum absolute atomic E-state index is 5.21. The predicted octanol–water partition coefficient (Wildman–Crippen LogP) is 3.79. The van der Waals surface area contributed by atoms with Crippen LogP contribution < -0.4 is 10.6 Å². The van der Waals surface area contributed by atoms with Crippen molar-refractivity contribution in [2.75, 3.05) is 13.1 Å². The first-order chi connectivity index (χ1) is 12.8. The molecule has 0 fully saturated rings. The van der Waals surface area contributed by atoms with Crippen LogP contribution in [0.15, 0.2) is 48.5 Å². The Morgan fingerprint density at radius 1 is 0.731 bits per heavy atom. The van der Waals surface area contributed by atoms with E-state index < -0.39 is 0 Å². The third kappa shape index (κ3) is 4.36. The van der Waals surface area contributed by atoms with Crippen molar-refractivity contribution in [2.45, 2.75) is 37.8 Å². The number of hydrogen-bond donors (Lipinski definition) is 2. The highest BCUT2D eigenvalue weighted by Gasteiger charge is 2.21. The average molecular weight is 342 g/mol. The molecule has 0 saturated carbocycles. The summed E-state index contributed by atoms with van der Waals surface area (Å²) >= 11 is 0. The van der Waals surface area contributed by atoms with Gasteiger partial charge in [0.05, 0.1) is 13.1 Å². The molecular weight excluding hydrogens is 316 g/mol. The molecule has 2 aliphatic carbocycles. The molecule has 2 aromatic rings. The molecule has 0 bridgehead atoms. The van der Waals surface area contributed by atoms with Gasteiger partial charge in [-0.05, 0) is 47.9 Å². The summed E-state index contributed by atoms with van der Waals surface area (Å²) in [6.07, 6.45) is 15.1. The molecule has 0 aromatic heterocycles. The second kappa shape index (κ2) is 9.25. The van der Waals surface area contributed by atoms with E-state index >= 15 is 0 Å². The molecule has 0 aliphatic heterocycles. The van der Waals surface area contributed by atoms with Crippen molar-refractivity contribution in [1.82, 2.24) is 10.6 Å². The van der Waals surface area contributed by atoms with Gasteiger partial charge in [0.15, 0.2) is 0 Å². The van der Waals surface area contributed by atoms with E-state index in [9.17, 15) is 0 Å². The minimum absolute atomic E-state index is 0.479. The lowest BCUT2D eigenvalue weighted by molar-refractivity contribution is 0.568. The zero-order valence-electron chi connectivity index (χ0n) is 15.2. The SMILES string of the molecule is C#CCNC1CCc2ccccc21.C#CCNC1CCc2ccccc21. The first-order valence-corrected chi connectivity index (χ1v) is 9.32. The zero-order valence-corrected chi connectivity index (χ0v) is 15.2. The molecule has 0 saturated heterocycles. The molecule has 2 aromatic carbocycles. The molecule has 0 radical (unpaired) electrons. The van der Waals surface area contributed by atoms with Crippen LogP contribution in [0, 0.1) is 24.7 Å². The summed E-state index contributed by atoms with van der Waals surface area (Å²) in [4.78, 5) is 0. The van der Waals surface area contributed by atoms with E-state index in [0.717, 1.165) is 0 Å². The molecule has 2 aliphatic rings. The minimum Gasteiger partial charge on any atom is -0.299 e. The van der Waals surface area contributed by atoms with Crippen molar-refractivity contribution in [3.8, 4) is 24.7 Å². The van der Waals surface area contributed by atoms with Crippen LogP contribution >= 0.6 is 0 Å². The number of hydrogen-bond acceptors (Lipinski definition) is 2. The quantitative estimate of drug-likeness (QED) is 0.826. The molecule has 2 atom stereocenters. The molecule has 2 nitrogen and oxygen atoms in total. The Balaban J connectivity index is 0.000000151. The fraction of sp³-hybridized carbons (Fsp3) is 0.333. The predicted molar refractivity (Wildman–Crippen MR) is 109 cm³/mol. The van der Waals surface area contributed by atoms with Gasteiger partial charge in [-0.1, -0.05) is 60.4 Å². The Hall–Kier alpha value is -2.52. The molecule has 2 N–H and O–H groups in total. The second-order valence-electron chi connectivity index (χ2n) is 6.75. The van der Waals surface area contributed by atoms with Crippen molar-refractivity contribution in [3.05, 3.63) is 70.8 Å². The second-order valence-corrected chi connectivity index (χ2v) is 6.75. The van der Waals surface area contributed by atoms with Crippen molar-refractivity contribution in [2.24, 2.45) is 0 Å². The Labute approximate surface area is 157 Å². The summed E-state index contributed by atoms with van der Waals surface area (Å²) in [7, 11) is 0. The molecule has 0 amide bonds. The standard InChI is InChI=1S/2C12H13N/c2*1-2-9-13-12-8-7-10-5-3-4-6-11(10)12/h2*1,3-6,12-13H,7-9H2. The van der Waals surface area contributed by atoms with E-state index in [2.05, 4.69) is 71.0 Å². The van der Waals surface area contributed by atoms with Gasteiger partial charge < -0.3 is 0 Å². The van der Waals surface area contributed by atoms with Gasteiger partial charge in [0, 0.05) is 12.1 Å². The Kier molecular flexibility index (Phi) is 6.50. The Bertz CT molecular complexity index is 740. The van der Waals surface area contributed by atoms with Crippen LogP contribution in [0.4, 0.5) is 0 Å². The van der Waals surface area contributed by atoms with E-state index in [0.29, 0.717) is 25.2 Å². The molecular formula is C24H26N2. The molecule has 2 heteroatoms. The van der Waals surface area contributed by atoms with Crippen LogP contribution in [0.25, 0.3) is 0 Å². The molecule has 2 unspecified atom stereocenters. The van der Waals surface area contributed by atoms with E-state index in [-0.39, 0.29) is 0 Å². The summed E-state index contributed by atoms with van der Waals surface area (Å²) in [5.74, 6) is 5.23. The van der Waals surface area contributed by atoms with Crippen LogP contribution in [0.1, 0.15) is 47.2 Å². The van der Waals surface area contributed by atoms with Crippen LogP contribution in [0.2, 0.25) is 0 Å². The summed E-state index contributed by atoms with van der Waals surface area (Å²) in [6, 6.07) is 18.1. The fourth-order valence-corrected chi connectivity index (χ4v) is 3.90. The van der Waals surface area contributed by atoms with Gasteiger partial charge in [0.25, 0.3) is 0 Å². The highest BCUT2D eigenvalue weighted by Crippen LogP contribution is 2.31. The lowest BCUT2D eigenvalue weighted by Crippen LogP contribution is -2.19. The topological polar surface area (TPSA) is 24.1 Å². The lowest BCUT2D eigenvalue weighted by Gasteiger charge is -2.10. The van der Waals surface area contributed by atoms with Crippen molar-refractivity contribution >= 4 is 0 Å². The number of rotatable bonds is 4. The first-order valence-electron chi connectivity index (χ1n) is 9.32. The first kappa shape index (κ1) is 18.3. The normalized spacial score (nSPS) is 19.5. The molecule has 132 valence electrons. The maximum Gasteiger partial charge on any atom is 0.0578 e. The largest absolute Gasteiger partial charge is 0.299 e. The highest BCUT2D eigenvalue weighted by molar-refractivity contribution is 5.35. The molecule has 4 rings (SSSR count). The number of fused-ring (bicyclic) bond motifs is 2. The molecule has 26 heavy (non-hydrogen) atoms. The average Bonchev–Trinajstić information content (AvgIpc) is 3.29. The van der Waals surface area contributed by atoms with E-state index in [1.165, 1.54) is 47.9 Å². The van der Waals surface area contributed by atoms with Gasteiger partial charge in [-0.2, -0.15) is 0 Å². The van der Waals surface area contributed by atoms with E-state index in [4.69, 9.17) is 12.8 Å². The van der Waals surface area contributed by atoms with Gasteiger partial charge in [0.2, 0.25) is 0 Å². The summed E-state index contributed by atoms with van der Waals surface area (Å²) < 4.78 is 0. The van der Waals surface area contributed by atoms with Crippen LogP contribution in [-0.2, 0) is 12.8 Å². The molecule has 0 heterocycles. The smallest absolute Gasteiger partial charge is 0.0578 e. The number of aryl methyl sites for hydroxylation is 2. The monoisotopic (exact) mass is 342 g/mol. The van der Waals surface area contributed by atoms with Crippen LogP contribution in [0.5, 0.6) is 0 Å². The number of nitrogens with one attached hydrogen (secondary N) is 2. The van der Waals surface area contributed by atoms with E-state index in [1.54, 1.807) is 0 Å². The van der Waals surface area contributed by atoms with Crippen molar-refractivity contribution < 1.29 is 0 Å². The lowest BCUT2D eigenvalue weighted by atomic mass is 10.1. The summed E-state index contributed by atoms with van der Waals surface area (Å²) in [5, 5.41) is 6.70. The highest BCUT2D eigenvalue weighted by atomic mass is 14.9. The van der Waals surface area contributed by atoms with E-state index in [1.807, 2.05) is 0 Å². The van der Waals surface area contributed by atoms with Gasteiger partial charge in [-0.25, -0.2) is 0 Å². The van der Waals surface area contributed by atoms with Gasteiger partial charge in [-0.15, -0.1) is 12.8 Å². The zero-order chi connectivity index (χ0) is 18.2. The number of benzene rings is 2. The maximum atomic E-state index is 5.21. The summed E-state index contributed by atoms with van der Waals surface area (Å²) in [6.45, 7) is 1.33. The van der Waals surface area contributed by atoms with Crippen molar-refractivity contribution in [1.29, 1.82) is 0 Å². The van der Waals surface area contributed by atoms with Gasteiger partial charge in [0.1, 0.15) is 0 Å². The van der Waals surface area contributed by atoms with Crippen LogP contribution in [0.3, 0.4) is 0 Å². The number of terminal acetylenes is 2. The van der Waals surface area contributed by atoms with Gasteiger partial charge in [-0.3, -0.25) is 10.6 Å². The molecule has 0 spiro atoms. The van der Waals surface area contributed by atoms with Gasteiger partial charge >= 0.3 is 0 Å². The third-order valence-electron chi connectivity index (χ3n) is 5.17. The van der Waals surface area contributed by atoms with Crippen LogP contribution in [-0.4, -0.2) is 13.1 Å². The minimum atomic E-state index is 0.479. The Morgan fingerprint density at radius 3 is 1.58 bits per heavy atom. The third-order valence-corrected chi connectivity index (χ3v) is 5.17. The summed E-state index contributed by atoms with van der Waals surface area (Å²) in [5.41, 5.74) is 5.80. The fourth-order valence-electron chi connectivity index (χ4n) is 3.90. The van der Waals surface area contributed by atoms with Crippen molar-refractivity contribution in [3.63, 3.8) is 0 Å². The Morgan fingerprint density at radius 2 is 1.15 bits per heavy atom.